The van der Waals surface area contributed by atoms with E-state index in [2.05, 4.69) is 16.3 Å². The van der Waals surface area contributed by atoms with Crippen molar-refractivity contribution in [1.29, 1.82) is 10.5 Å². The second-order valence-corrected chi connectivity index (χ2v) is 9.94. The van der Waals surface area contributed by atoms with Crippen molar-refractivity contribution in [3.05, 3.63) is 66.0 Å². The second kappa shape index (κ2) is 10.1. The van der Waals surface area contributed by atoms with Gasteiger partial charge in [0.1, 0.15) is 24.1 Å². The van der Waals surface area contributed by atoms with Gasteiger partial charge in [-0.15, -0.1) is 0 Å². The third-order valence-electron chi connectivity index (χ3n) is 6.42. The highest BCUT2D eigenvalue weighted by Crippen LogP contribution is 2.37. The van der Waals surface area contributed by atoms with Gasteiger partial charge in [0.15, 0.2) is 0 Å². The Morgan fingerprint density at radius 3 is 2.54 bits per heavy atom. The Hall–Kier alpha value is -4.19. The van der Waals surface area contributed by atoms with Crippen LogP contribution >= 0.6 is 11.8 Å². The van der Waals surface area contributed by atoms with E-state index >= 15 is 0 Å². The van der Waals surface area contributed by atoms with Crippen molar-refractivity contribution < 1.29 is 14.3 Å². The zero-order valence-corrected chi connectivity index (χ0v) is 20.7. The number of carbonyl (C=O) groups excluding carboxylic acids is 1. The lowest BCUT2D eigenvalue weighted by molar-refractivity contribution is -0.140. The Morgan fingerprint density at radius 1 is 1.08 bits per heavy atom. The first-order valence-electron chi connectivity index (χ1n) is 11.7. The number of aliphatic hydroxyl groups excluding tert-OH is 1. The van der Waals surface area contributed by atoms with E-state index in [-0.39, 0.29) is 17.5 Å². The number of hydrogen-bond donors (Lipinski definition) is 1. The third-order valence-corrected chi connectivity index (χ3v) is 7.53. The van der Waals surface area contributed by atoms with Crippen molar-refractivity contribution in [2.24, 2.45) is 0 Å². The molecule has 0 aliphatic carbocycles. The summed E-state index contributed by atoms with van der Waals surface area (Å²) in [6.07, 6.45) is 7.47. The lowest BCUT2D eigenvalue weighted by atomic mass is 10.0. The van der Waals surface area contributed by atoms with Crippen LogP contribution in [0.15, 0.2) is 58.8 Å². The molecule has 1 aliphatic heterocycles. The number of amides is 1. The van der Waals surface area contributed by atoms with Gasteiger partial charge in [0.2, 0.25) is 0 Å². The molecule has 4 heterocycles. The quantitative estimate of drug-likeness (QED) is 0.429. The minimum atomic E-state index is -1.00. The van der Waals surface area contributed by atoms with Gasteiger partial charge >= 0.3 is 0 Å². The Balaban J connectivity index is 1.46. The van der Waals surface area contributed by atoms with Crippen LogP contribution in [0, 0.1) is 28.5 Å². The predicted octanol–water partition coefficient (Wildman–Crippen LogP) is 3.78. The molecule has 11 heteroatoms. The van der Waals surface area contributed by atoms with Gasteiger partial charge in [-0.25, -0.2) is 8.91 Å². The summed E-state index contributed by atoms with van der Waals surface area (Å²) in [6, 6.07) is 10.3. The van der Waals surface area contributed by atoms with Crippen LogP contribution in [-0.2, 0) is 4.79 Å². The number of aromatic nitrogens is 4. The summed E-state index contributed by atoms with van der Waals surface area (Å²) in [5, 5.41) is 37.6. The van der Waals surface area contributed by atoms with Gasteiger partial charge in [-0.2, -0.15) is 20.7 Å². The van der Waals surface area contributed by atoms with Gasteiger partial charge in [-0.05, 0) is 44.0 Å². The van der Waals surface area contributed by atoms with E-state index in [0.717, 1.165) is 24.0 Å². The van der Waals surface area contributed by atoms with Crippen molar-refractivity contribution in [3.63, 3.8) is 0 Å². The molecule has 1 fully saturated rings. The standard InChI is InChI=1S/C26H22FN7O2S/c1-16(35)26(36)32-6-4-22(5-7-32)33-15-20(13-30-33)18-9-24(25-19(11-29)12-31-34(25)14-18)37-23-3-2-21(27)8-17(23)10-28/h2-3,8-9,12-16,22,35H,4-7H2,1H3/t16-/m1/s1. The Kier molecular flexibility index (Phi) is 6.66. The number of rotatable bonds is 5. The summed E-state index contributed by atoms with van der Waals surface area (Å²) < 4.78 is 17.2. The minimum Gasteiger partial charge on any atom is -0.384 e. The summed E-state index contributed by atoms with van der Waals surface area (Å²) in [5.41, 5.74) is 2.87. The first kappa shape index (κ1) is 24.5. The lowest BCUT2D eigenvalue weighted by Crippen LogP contribution is -2.43. The fourth-order valence-electron chi connectivity index (χ4n) is 4.50. The first-order valence-corrected chi connectivity index (χ1v) is 12.5. The number of aliphatic hydroxyl groups is 1. The van der Waals surface area contributed by atoms with Crippen LogP contribution in [0.5, 0.6) is 0 Å². The SMILES string of the molecule is C[C@@H](O)C(=O)N1CCC(n2cc(-c3cc(Sc4ccc(F)cc4C#N)c4c(C#N)cnn4c3)cn2)CC1. The second-order valence-electron chi connectivity index (χ2n) is 8.85. The molecule has 186 valence electrons. The Labute approximate surface area is 216 Å². The molecule has 37 heavy (non-hydrogen) atoms. The highest BCUT2D eigenvalue weighted by molar-refractivity contribution is 7.99. The number of pyridine rings is 1. The van der Waals surface area contributed by atoms with Crippen molar-refractivity contribution in [2.45, 2.75) is 41.7 Å². The van der Waals surface area contributed by atoms with Gasteiger partial charge < -0.3 is 10.0 Å². The van der Waals surface area contributed by atoms with Gasteiger partial charge in [0.05, 0.1) is 35.1 Å². The number of nitrogens with zero attached hydrogens (tertiary/aromatic N) is 7. The fourth-order valence-corrected chi connectivity index (χ4v) is 5.57. The normalized spacial score (nSPS) is 14.9. The molecule has 3 aromatic heterocycles. The molecule has 1 saturated heterocycles. The van der Waals surface area contributed by atoms with Crippen molar-refractivity contribution in [1.82, 2.24) is 24.3 Å². The first-order chi connectivity index (χ1) is 17.9. The zero-order valence-electron chi connectivity index (χ0n) is 19.9. The number of benzene rings is 1. The van der Waals surface area contributed by atoms with E-state index in [4.69, 9.17) is 0 Å². The summed E-state index contributed by atoms with van der Waals surface area (Å²) in [5.74, 6) is -0.745. The Morgan fingerprint density at radius 2 is 1.84 bits per heavy atom. The van der Waals surface area contributed by atoms with Crippen LogP contribution in [0.2, 0.25) is 0 Å². The zero-order chi connectivity index (χ0) is 26.1. The molecule has 1 atom stereocenters. The topological polar surface area (TPSA) is 123 Å². The van der Waals surface area contributed by atoms with Crippen molar-refractivity contribution in [2.75, 3.05) is 13.1 Å². The number of halogens is 1. The molecule has 1 aromatic carbocycles. The fraction of sp³-hybridized carbons (Fsp3) is 0.269. The lowest BCUT2D eigenvalue weighted by Gasteiger charge is -2.32. The molecule has 1 N–H and O–H groups in total. The average Bonchev–Trinajstić information content (AvgIpc) is 3.57. The molecule has 9 nitrogen and oxygen atoms in total. The van der Waals surface area contributed by atoms with Crippen LogP contribution in [0.4, 0.5) is 4.39 Å². The maximum absolute atomic E-state index is 13.7. The molecule has 1 aliphatic rings. The molecular weight excluding hydrogens is 493 g/mol. The van der Waals surface area contributed by atoms with E-state index in [9.17, 15) is 24.8 Å². The van der Waals surface area contributed by atoms with Crippen LogP contribution in [0.25, 0.3) is 16.6 Å². The maximum atomic E-state index is 13.7. The molecule has 0 saturated carbocycles. The van der Waals surface area contributed by atoms with Gasteiger partial charge in [-0.3, -0.25) is 9.48 Å². The molecule has 0 spiro atoms. The van der Waals surface area contributed by atoms with Gasteiger partial charge in [-0.1, -0.05) is 11.8 Å². The van der Waals surface area contributed by atoms with Crippen molar-refractivity contribution in [3.8, 4) is 23.3 Å². The maximum Gasteiger partial charge on any atom is 0.251 e. The molecule has 5 rings (SSSR count). The number of hydrogen-bond acceptors (Lipinski definition) is 7. The van der Waals surface area contributed by atoms with E-state index in [0.29, 0.717) is 34.0 Å². The number of carbonyl (C=O) groups is 1. The summed E-state index contributed by atoms with van der Waals surface area (Å²) >= 11 is 1.27. The highest BCUT2D eigenvalue weighted by Gasteiger charge is 2.26. The third kappa shape index (κ3) is 4.79. The number of nitriles is 2. The van der Waals surface area contributed by atoms with Crippen LogP contribution in [-0.4, -0.2) is 54.5 Å². The van der Waals surface area contributed by atoms with Gasteiger partial charge in [0, 0.05) is 46.4 Å². The Bertz CT molecular complexity index is 1570. The minimum absolute atomic E-state index is 0.122. The summed E-state index contributed by atoms with van der Waals surface area (Å²) in [6.45, 7) is 2.59. The molecule has 0 unspecified atom stereocenters. The van der Waals surface area contributed by atoms with E-state index in [1.165, 1.54) is 37.0 Å². The summed E-state index contributed by atoms with van der Waals surface area (Å²) in [7, 11) is 0. The molecule has 0 bridgehead atoms. The summed E-state index contributed by atoms with van der Waals surface area (Å²) in [4.78, 5) is 15.0. The van der Waals surface area contributed by atoms with E-state index in [1.807, 2.05) is 29.2 Å². The number of likely N-dealkylation sites (tertiary alicyclic amines) is 1. The number of piperidine rings is 1. The van der Waals surface area contributed by atoms with E-state index in [1.54, 1.807) is 21.7 Å². The smallest absolute Gasteiger partial charge is 0.251 e. The monoisotopic (exact) mass is 515 g/mol. The number of fused-ring (bicyclic) bond motifs is 1. The molecular formula is C26H22FN7O2S. The molecule has 0 radical (unpaired) electrons. The predicted molar refractivity (Wildman–Crippen MR) is 133 cm³/mol. The highest BCUT2D eigenvalue weighted by atomic mass is 32.2. The molecule has 1 amide bonds. The van der Waals surface area contributed by atoms with Crippen LogP contribution < -0.4 is 0 Å². The average molecular weight is 516 g/mol. The largest absolute Gasteiger partial charge is 0.384 e. The van der Waals surface area contributed by atoms with Crippen molar-refractivity contribution >= 4 is 23.2 Å². The van der Waals surface area contributed by atoms with E-state index < -0.39 is 11.9 Å². The molecule has 4 aromatic rings. The van der Waals surface area contributed by atoms with Gasteiger partial charge in [0.25, 0.3) is 5.91 Å². The van der Waals surface area contributed by atoms with Crippen LogP contribution in [0.1, 0.15) is 36.9 Å². The van der Waals surface area contributed by atoms with Crippen LogP contribution in [0.3, 0.4) is 0 Å².